The molecule has 0 aliphatic heterocycles. The number of hydrogen-bond acceptors (Lipinski definition) is 2. The molecule has 1 N–H and O–H groups in total. The van der Waals surface area contributed by atoms with Crippen LogP contribution in [-0.2, 0) is 12.8 Å². The summed E-state index contributed by atoms with van der Waals surface area (Å²) < 4.78 is 2.41. The lowest BCUT2D eigenvalue weighted by atomic mass is 9.94. The predicted molar refractivity (Wildman–Crippen MR) is 140 cm³/mol. The summed E-state index contributed by atoms with van der Waals surface area (Å²) in [7, 11) is 2.19. The molecule has 4 nitrogen and oxygen atoms in total. The van der Waals surface area contributed by atoms with Crippen LogP contribution in [0.25, 0.3) is 16.9 Å². The van der Waals surface area contributed by atoms with Gasteiger partial charge in [0.1, 0.15) is 0 Å². The van der Waals surface area contributed by atoms with Gasteiger partial charge in [0, 0.05) is 36.1 Å². The van der Waals surface area contributed by atoms with Crippen molar-refractivity contribution in [3.05, 3.63) is 77.5 Å². The van der Waals surface area contributed by atoms with Crippen LogP contribution in [-0.4, -0.2) is 41.6 Å². The molecule has 178 valence electrons. The molecule has 5 rings (SSSR count). The number of carbonyl (C=O) groups excluding carboxylic acids is 1. The van der Waals surface area contributed by atoms with Gasteiger partial charge in [0.2, 0.25) is 0 Å². The van der Waals surface area contributed by atoms with Gasteiger partial charge in [-0.15, -0.1) is 0 Å². The molecule has 2 aliphatic rings. The molecular formula is C30H37N3O. The Morgan fingerprint density at radius 1 is 0.941 bits per heavy atom. The highest BCUT2D eigenvalue weighted by molar-refractivity contribution is 5.94. The summed E-state index contributed by atoms with van der Waals surface area (Å²) >= 11 is 0. The number of hydrogen-bond donors (Lipinski definition) is 1. The Morgan fingerprint density at radius 2 is 1.68 bits per heavy atom. The van der Waals surface area contributed by atoms with Crippen LogP contribution in [0.3, 0.4) is 0 Å². The molecule has 1 aromatic heterocycles. The molecule has 1 heterocycles. The van der Waals surface area contributed by atoms with E-state index in [1.54, 1.807) is 0 Å². The van der Waals surface area contributed by atoms with Crippen LogP contribution in [0.15, 0.2) is 60.7 Å². The normalized spacial score (nSPS) is 16.4. The van der Waals surface area contributed by atoms with E-state index in [1.165, 1.54) is 67.5 Å². The van der Waals surface area contributed by atoms with E-state index in [0.29, 0.717) is 12.6 Å². The van der Waals surface area contributed by atoms with Gasteiger partial charge in [-0.3, -0.25) is 4.79 Å². The number of fused-ring (bicyclic) bond motifs is 1. The molecule has 0 saturated heterocycles. The van der Waals surface area contributed by atoms with Gasteiger partial charge < -0.3 is 14.8 Å². The monoisotopic (exact) mass is 455 g/mol. The smallest absolute Gasteiger partial charge is 0.251 e. The third kappa shape index (κ3) is 4.97. The minimum absolute atomic E-state index is 0.0152. The maximum atomic E-state index is 12.8. The van der Waals surface area contributed by atoms with Gasteiger partial charge in [0.15, 0.2) is 0 Å². The van der Waals surface area contributed by atoms with Crippen molar-refractivity contribution in [1.82, 2.24) is 14.8 Å². The van der Waals surface area contributed by atoms with Crippen molar-refractivity contribution in [2.24, 2.45) is 0 Å². The van der Waals surface area contributed by atoms with Crippen LogP contribution in [0.5, 0.6) is 0 Å². The fraction of sp³-hybridized carbons (Fsp3) is 0.433. The summed E-state index contributed by atoms with van der Waals surface area (Å²) in [6.07, 6.45) is 11.4. The fourth-order valence-electron chi connectivity index (χ4n) is 5.73. The molecule has 3 aromatic rings. The molecule has 34 heavy (non-hydrogen) atoms. The van der Waals surface area contributed by atoms with E-state index in [0.717, 1.165) is 30.6 Å². The van der Waals surface area contributed by atoms with Crippen molar-refractivity contribution in [2.75, 3.05) is 20.1 Å². The maximum Gasteiger partial charge on any atom is 0.251 e. The van der Waals surface area contributed by atoms with Crippen LogP contribution in [0, 0.1) is 0 Å². The van der Waals surface area contributed by atoms with E-state index >= 15 is 0 Å². The molecule has 0 atom stereocenters. The van der Waals surface area contributed by atoms with Crippen molar-refractivity contribution in [2.45, 2.75) is 63.8 Å². The summed E-state index contributed by atoms with van der Waals surface area (Å²) in [4.78, 5) is 15.2. The zero-order valence-corrected chi connectivity index (χ0v) is 20.4. The lowest BCUT2D eigenvalue weighted by molar-refractivity contribution is 0.0944. The minimum atomic E-state index is 0.0152. The number of benzene rings is 2. The topological polar surface area (TPSA) is 37.3 Å². The number of amides is 1. The molecular weight excluding hydrogens is 418 g/mol. The molecule has 1 saturated carbocycles. The SMILES string of the molecule is CN(CCNC(=O)c1ccc(-n2c(-c3ccccc3)cc3c2CCCC3)cc1)C1CCCCC1. The van der Waals surface area contributed by atoms with E-state index in [-0.39, 0.29) is 5.91 Å². The Balaban J connectivity index is 1.29. The highest BCUT2D eigenvalue weighted by Crippen LogP contribution is 2.34. The van der Waals surface area contributed by atoms with Crippen molar-refractivity contribution >= 4 is 5.91 Å². The zero-order valence-electron chi connectivity index (χ0n) is 20.4. The summed E-state index contributed by atoms with van der Waals surface area (Å²) in [5.41, 5.74) is 7.24. The van der Waals surface area contributed by atoms with Crippen LogP contribution in [0.2, 0.25) is 0 Å². The average molecular weight is 456 g/mol. The quantitative estimate of drug-likeness (QED) is 0.473. The standard InChI is InChI=1S/C30H37N3O/c1-32(26-13-6-3-7-14-26)21-20-31-30(34)24-16-18-27(19-17-24)33-28-15-9-8-12-25(28)22-29(33)23-10-4-2-5-11-23/h2,4-5,10-11,16-19,22,26H,3,6-9,12-15,20-21H2,1H3,(H,31,34). The summed E-state index contributed by atoms with van der Waals surface area (Å²) in [6.45, 7) is 1.60. The number of rotatable bonds is 7. The van der Waals surface area contributed by atoms with Crippen molar-refractivity contribution in [3.63, 3.8) is 0 Å². The number of nitrogens with one attached hydrogen (secondary N) is 1. The van der Waals surface area contributed by atoms with Crippen molar-refractivity contribution < 1.29 is 4.79 Å². The largest absolute Gasteiger partial charge is 0.351 e. The van der Waals surface area contributed by atoms with E-state index < -0.39 is 0 Å². The van der Waals surface area contributed by atoms with Crippen molar-refractivity contribution in [1.29, 1.82) is 0 Å². The summed E-state index contributed by atoms with van der Waals surface area (Å²) in [5, 5.41) is 3.12. The van der Waals surface area contributed by atoms with E-state index in [9.17, 15) is 4.79 Å². The van der Waals surface area contributed by atoms with Gasteiger partial charge in [0.25, 0.3) is 5.91 Å². The third-order valence-electron chi connectivity index (χ3n) is 7.71. The fourth-order valence-corrected chi connectivity index (χ4v) is 5.73. The zero-order chi connectivity index (χ0) is 23.3. The Kier molecular flexibility index (Phi) is 7.15. The van der Waals surface area contributed by atoms with Gasteiger partial charge in [-0.2, -0.15) is 0 Å². The molecule has 0 spiro atoms. The predicted octanol–water partition coefficient (Wildman–Crippen LogP) is 6.02. The molecule has 0 bridgehead atoms. The molecule has 0 radical (unpaired) electrons. The minimum Gasteiger partial charge on any atom is -0.351 e. The molecule has 2 aliphatic carbocycles. The number of aromatic nitrogens is 1. The first kappa shape index (κ1) is 22.9. The van der Waals surface area contributed by atoms with Crippen LogP contribution in [0.4, 0.5) is 0 Å². The number of carbonyl (C=O) groups is 1. The second-order valence-corrected chi connectivity index (χ2v) is 9.99. The third-order valence-corrected chi connectivity index (χ3v) is 7.71. The molecule has 0 unspecified atom stereocenters. The second kappa shape index (κ2) is 10.6. The number of likely N-dealkylation sites (N-methyl/N-ethyl adjacent to an activating group) is 1. The highest BCUT2D eigenvalue weighted by atomic mass is 16.1. The summed E-state index contributed by atoms with van der Waals surface area (Å²) in [5.74, 6) is 0.0152. The number of aryl methyl sites for hydroxylation is 1. The molecule has 1 amide bonds. The summed E-state index contributed by atoms with van der Waals surface area (Å²) in [6, 6.07) is 21.8. The first-order valence-corrected chi connectivity index (χ1v) is 13.1. The second-order valence-electron chi connectivity index (χ2n) is 9.99. The first-order valence-electron chi connectivity index (χ1n) is 13.1. The van der Waals surface area contributed by atoms with E-state index in [1.807, 2.05) is 12.1 Å². The van der Waals surface area contributed by atoms with Gasteiger partial charge in [0.05, 0.1) is 5.69 Å². The van der Waals surface area contributed by atoms with Gasteiger partial charge in [-0.1, -0.05) is 49.6 Å². The Morgan fingerprint density at radius 3 is 2.44 bits per heavy atom. The molecule has 2 aromatic carbocycles. The van der Waals surface area contributed by atoms with Gasteiger partial charge >= 0.3 is 0 Å². The van der Waals surface area contributed by atoms with Crippen LogP contribution in [0.1, 0.15) is 66.6 Å². The molecule has 1 fully saturated rings. The van der Waals surface area contributed by atoms with E-state index in [4.69, 9.17) is 0 Å². The van der Waals surface area contributed by atoms with Gasteiger partial charge in [-0.05, 0) is 87.0 Å². The number of nitrogens with zero attached hydrogens (tertiary/aromatic N) is 2. The van der Waals surface area contributed by atoms with Crippen LogP contribution >= 0.6 is 0 Å². The Bertz CT molecular complexity index is 1090. The molecule has 4 heteroatoms. The lowest BCUT2D eigenvalue weighted by Gasteiger charge is -2.31. The average Bonchev–Trinajstić information content (AvgIpc) is 3.29. The van der Waals surface area contributed by atoms with E-state index in [2.05, 4.69) is 70.4 Å². The Hall–Kier alpha value is -2.85. The highest BCUT2D eigenvalue weighted by Gasteiger charge is 2.21. The lowest BCUT2D eigenvalue weighted by Crippen LogP contribution is -2.39. The first-order chi connectivity index (χ1) is 16.7. The van der Waals surface area contributed by atoms with Gasteiger partial charge in [-0.25, -0.2) is 0 Å². The maximum absolute atomic E-state index is 12.8. The van der Waals surface area contributed by atoms with Crippen molar-refractivity contribution in [3.8, 4) is 16.9 Å². The Labute approximate surface area is 204 Å². The van der Waals surface area contributed by atoms with Crippen LogP contribution < -0.4 is 5.32 Å².